The standard InChI is InChI=1S/C15H16N2O4/c18-13-7-11(10-3-1-2-4-12(10)16-13)14(19)17-6-5-9(8-17)15(20)21/h1-4,9,11H,5-8H2,(H,16,18)(H,20,21). The lowest BCUT2D eigenvalue weighted by Crippen LogP contribution is -2.37. The Morgan fingerprint density at radius 2 is 2.05 bits per heavy atom. The average Bonchev–Trinajstić information content (AvgIpc) is 2.95. The van der Waals surface area contributed by atoms with Gasteiger partial charge in [-0.15, -0.1) is 0 Å². The predicted molar refractivity (Wildman–Crippen MR) is 74.8 cm³/mol. The van der Waals surface area contributed by atoms with Crippen molar-refractivity contribution in [3.05, 3.63) is 29.8 Å². The molecule has 1 aromatic carbocycles. The number of hydrogen-bond acceptors (Lipinski definition) is 3. The van der Waals surface area contributed by atoms with Crippen molar-refractivity contribution >= 4 is 23.5 Å². The monoisotopic (exact) mass is 288 g/mol. The molecule has 2 N–H and O–H groups in total. The van der Waals surface area contributed by atoms with E-state index >= 15 is 0 Å². The first-order valence-electron chi connectivity index (χ1n) is 6.96. The number of anilines is 1. The Kier molecular flexibility index (Phi) is 3.37. The molecule has 0 aliphatic carbocycles. The van der Waals surface area contributed by atoms with Crippen LogP contribution in [-0.4, -0.2) is 40.9 Å². The van der Waals surface area contributed by atoms with Crippen LogP contribution in [0.25, 0.3) is 0 Å². The largest absolute Gasteiger partial charge is 0.481 e. The smallest absolute Gasteiger partial charge is 0.308 e. The zero-order chi connectivity index (χ0) is 15.0. The van der Waals surface area contributed by atoms with Gasteiger partial charge in [-0.3, -0.25) is 14.4 Å². The fraction of sp³-hybridized carbons (Fsp3) is 0.400. The zero-order valence-corrected chi connectivity index (χ0v) is 11.4. The number of nitrogens with one attached hydrogen (secondary N) is 1. The first-order valence-corrected chi connectivity index (χ1v) is 6.96. The van der Waals surface area contributed by atoms with E-state index in [1.54, 1.807) is 11.0 Å². The molecule has 21 heavy (non-hydrogen) atoms. The Balaban J connectivity index is 1.82. The number of carbonyl (C=O) groups excluding carboxylic acids is 2. The molecule has 1 saturated heterocycles. The maximum absolute atomic E-state index is 12.6. The van der Waals surface area contributed by atoms with E-state index in [9.17, 15) is 14.4 Å². The molecule has 0 radical (unpaired) electrons. The van der Waals surface area contributed by atoms with Crippen molar-refractivity contribution in [2.24, 2.45) is 5.92 Å². The number of benzene rings is 1. The van der Waals surface area contributed by atoms with Gasteiger partial charge in [0.25, 0.3) is 0 Å². The topological polar surface area (TPSA) is 86.7 Å². The summed E-state index contributed by atoms with van der Waals surface area (Å²) in [4.78, 5) is 36.9. The number of likely N-dealkylation sites (tertiary alicyclic amines) is 1. The average molecular weight is 288 g/mol. The van der Waals surface area contributed by atoms with E-state index in [1.165, 1.54) is 0 Å². The third-order valence-electron chi connectivity index (χ3n) is 4.15. The van der Waals surface area contributed by atoms with Gasteiger partial charge in [0, 0.05) is 25.2 Å². The second-order valence-electron chi connectivity index (χ2n) is 5.50. The molecular formula is C15H16N2O4. The Labute approximate surface area is 121 Å². The Hall–Kier alpha value is -2.37. The highest BCUT2D eigenvalue weighted by Gasteiger charge is 2.37. The van der Waals surface area contributed by atoms with Gasteiger partial charge in [0.1, 0.15) is 0 Å². The third kappa shape index (κ3) is 2.49. The van der Waals surface area contributed by atoms with E-state index in [0.29, 0.717) is 18.7 Å². The number of rotatable bonds is 2. The van der Waals surface area contributed by atoms with Gasteiger partial charge in [-0.25, -0.2) is 0 Å². The van der Waals surface area contributed by atoms with Crippen molar-refractivity contribution in [2.75, 3.05) is 18.4 Å². The highest BCUT2D eigenvalue weighted by molar-refractivity contribution is 6.01. The molecule has 2 heterocycles. The van der Waals surface area contributed by atoms with Crippen LogP contribution in [-0.2, 0) is 14.4 Å². The van der Waals surface area contributed by atoms with Gasteiger partial charge in [-0.2, -0.15) is 0 Å². The highest BCUT2D eigenvalue weighted by Crippen LogP contribution is 2.34. The Morgan fingerprint density at radius 1 is 1.29 bits per heavy atom. The molecule has 0 aromatic heterocycles. The van der Waals surface area contributed by atoms with Crippen molar-refractivity contribution < 1.29 is 19.5 Å². The number of nitrogens with zero attached hydrogens (tertiary/aromatic N) is 1. The van der Waals surface area contributed by atoms with Gasteiger partial charge in [0.2, 0.25) is 11.8 Å². The number of hydrogen-bond donors (Lipinski definition) is 2. The van der Waals surface area contributed by atoms with Gasteiger partial charge in [0.05, 0.1) is 11.8 Å². The summed E-state index contributed by atoms with van der Waals surface area (Å²) in [5.74, 6) is -2.21. The summed E-state index contributed by atoms with van der Waals surface area (Å²) in [7, 11) is 0. The summed E-state index contributed by atoms with van der Waals surface area (Å²) in [5.41, 5.74) is 1.47. The van der Waals surface area contributed by atoms with E-state index in [-0.39, 0.29) is 24.8 Å². The third-order valence-corrected chi connectivity index (χ3v) is 4.15. The van der Waals surface area contributed by atoms with E-state index in [0.717, 1.165) is 5.56 Å². The Morgan fingerprint density at radius 3 is 2.76 bits per heavy atom. The molecule has 2 aliphatic rings. The minimum absolute atomic E-state index is 0.115. The SMILES string of the molecule is O=C1CC(C(=O)N2CCC(C(=O)O)C2)c2ccccc2N1. The van der Waals surface area contributed by atoms with Crippen LogP contribution in [0.5, 0.6) is 0 Å². The number of amides is 2. The summed E-state index contributed by atoms with van der Waals surface area (Å²) in [6.07, 6.45) is 0.589. The lowest BCUT2D eigenvalue weighted by Gasteiger charge is -2.28. The second kappa shape index (κ2) is 5.20. The van der Waals surface area contributed by atoms with Crippen LogP contribution < -0.4 is 5.32 Å². The minimum Gasteiger partial charge on any atom is -0.481 e. The molecule has 2 unspecified atom stereocenters. The van der Waals surface area contributed by atoms with Crippen LogP contribution in [0.4, 0.5) is 5.69 Å². The normalized spacial score (nSPS) is 24.4. The Bertz CT molecular complexity index is 613. The fourth-order valence-electron chi connectivity index (χ4n) is 3.01. The molecule has 1 fully saturated rings. The van der Waals surface area contributed by atoms with Crippen LogP contribution in [0.15, 0.2) is 24.3 Å². The number of aliphatic carboxylic acids is 1. The lowest BCUT2D eigenvalue weighted by molar-refractivity contribution is -0.141. The zero-order valence-electron chi connectivity index (χ0n) is 11.4. The highest BCUT2D eigenvalue weighted by atomic mass is 16.4. The predicted octanol–water partition coefficient (Wildman–Crippen LogP) is 1.05. The van der Waals surface area contributed by atoms with Gasteiger partial charge >= 0.3 is 5.97 Å². The van der Waals surface area contributed by atoms with Crippen LogP contribution in [0, 0.1) is 5.92 Å². The molecule has 2 aliphatic heterocycles. The van der Waals surface area contributed by atoms with Gasteiger partial charge in [-0.05, 0) is 18.1 Å². The summed E-state index contributed by atoms with van der Waals surface area (Å²) in [5, 5.41) is 11.8. The van der Waals surface area contributed by atoms with Crippen LogP contribution in [0.2, 0.25) is 0 Å². The minimum atomic E-state index is -0.868. The van der Waals surface area contributed by atoms with Crippen molar-refractivity contribution in [1.29, 1.82) is 0 Å². The fourth-order valence-corrected chi connectivity index (χ4v) is 3.01. The molecule has 0 spiro atoms. The van der Waals surface area contributed by atoms with Crippen LogP contribution in [0.1, 0.15) is 24.3 Å². The summed E-state index contributed by atoms with van der Waals surface area (Å²) in [6.45, 7) is 0.671. The van der Waals surface area contributed by atoms with Crippen molar-refractivity contribution in [2.45, 2.75) is 18.8 Å². The quantitative estimate of drug-likeness (QED) is 0.851. The van der Waals surface area contributed by atoms with E-state index in [1.807, 2.05) is 18.2 Å². The molecule has 0 saturated carbocycles. The molecule has 0 bridgehead atoms. The molecule has 3 rings (SSSR count). The molecule has 2 amide bonds. The number of fused-ring (bicyclic) bond motifs is 1. The number of para-hydroxylation sites is 1. The summed E-state index contributed by atoms with van der Waals surface area (Å²) >= 11 is 0. The first kappa shape index (κ1) is 13.6. The van der Waals surface area contributed by atoms with Crippen molar-refractivity contribution in [1.82, 2.24) is 4.90 Å². The lowest BCUT2D eigenvalue weighted by atomic mass is 9.89. The summed E-state index contributed by atoms with van der Waals surface area (Å²) < 4.78 is 0. The van der Waals surface area contributed by atoms with Gasteiger partial charge in [0.15, 0.2) is 0 Å². The van der Waals surface area contributed by atoms with Crippen LogP contribution >= 0.6 is 0 Å². The number of carboxylic acids is 1. The number of carbonyl (C=O) groups is 3. The maximum Gasteiger partial charge on any atom is 0.308 e. The van der Waals surface area contributed by atoms with E-state index < -0.39 is 17.8 Å². The molecule has 6 nitrogen and oxygen atoms in total. The first-order chi connectivity index (χ1) is 10.1. The van der Waals surface area contributed by atoms with Crippen molar-refractivity contribution in [3.63, 3.8) is 0 Å². The van der Waals surface area contributed by atoms with Gasteiger partial charge < -0.3 is 15.3 Å². The molecule has 110 valence electrons. The number of carboxylic acid groups (broad SMARTS) is 1. The van der Waals surface area contributed by atoms with E-state index in [4.69, 9.17) is 5.11 Å². The summed E-state index contributed by atoms with van der Waals surface area (Å²) in [6, 6.07) is 7.25. The second-order valence-corrected chi connectivity index (χ2v) is 5.50. The molecule has 6 heteroatoms. The van der Waals surface area contributed by atoms with Crippen molar-refractivity contribution in [3.8, 4) is 0 Å². The molecular weight excluding hydrogens is 272 g/mol. The maximum atomic E-state index is 12.6. The van der Waals surface area contributed by atoms with E-state index in [2.05, 4.69) is 5.32 Å². The van der Waals surface area contributed by atoms with Gasteiger partial charge in [-0.1, -0.05) is 18.2 Å². The van der Waals surface area contributed by atoms with Crippen LogP contribution in [0.3, 0.4) is 0 Å². The molecule has 2 atom stereocenters. The molecule has 1 aromatic rings.